The molecule has 6 rings (SSSR count). The van der Waals surface area contributed by atoms with E-state index < -0.39 is 0 Å². The SMILES string of the molecule is N#CCC(C1CCN(c2nc3ccccc3o2)C1)n1ccc(-c2ncnc3[nH]ccc23)c1. The molecule has 2 atom stereocenters. The zero-order valence-electron chi connectivity index (χ0n) is 17.3. The number of para-hydroxylation sites is 2. The van der Waals surface area contributed by atoms with E-state index in [0.717, 1.165) is 52.9 Å². The molecule has 8 nitrogen and oxygen atoms in total. The van der Waals surface area contributed by atoms with E-state index >= 15 is 0 Å². The predicted octanol–water partition coefficient (Wildman–Crippen LogP) is 4.55. The number of nitriles is 1. The van der Waals surface area contributed by atoms with Crippen molar-refractivity contribution in [3.63, 3.8) is 0 Å². The minimum absolute atomic E-state index is 0.0756. The summed E-state index contributed by atoms with van der Waals surface area (Å²) < 4.78 is 8.13. The van der Waals surface area contributed by atoms with Gasteiger partial charge < -0.3 is 18.9 Å². The Hall–Kier alpha value is -4.12. The van der Waals surface area contributed by atoms with Crippen LogP contribution in [-0.2, 0) is 0 Å². The lowest BCUT2D eigenvalue weighted by atomic mass is 9.96. The Kier molecular flexibility index (Phi) is 4.39. The van der Waals surface area contributed by atoms with Crippen LogP contribution in [0.5, 0.6) is 0 Å². The lowest BCUT2D eigenvalue weighted by Gasteiger charge is -2.23. The van der Waals surface area contributed by atoms with Crippen LogP contribution in [0.1, 0.15) is 18.9 Å². The summed E-state index contributed by atoms with van der Waals surface area (Å²) in [4.78, 5) is 18.7. The summed E-state index contributed by atoms with van der Waals surface area (Å²) in [5.74, 6) is 0.322. The molecular weight excluding hydrogens is 402 g/mol. The summed E-state index contributed by atoms with van der Waals surface area (Å²) in [5.41, 5.74) is 4.41. The fraction of sp³-hybridized carbons (Fsp3) is 0.250. The van der Waals surface area contributed by atoms with E-state index in [0.29, 0.717) is 18.4 Å². The van der Waals surface area contributed by atoms with Gasteiger partial charge in [-0.3, -0.25) is 0 Å². The van der Waals surface area contributed by atoms with E-state index in [1.165, 1.54) is 0 Å². The highest BCUT2D eigenvalue weighted by Gasteiger charge is 2.32. The zero-order valence-corrected chi connectivity index (χ0v) is 17.3. The second-order valence-corrected chi connectivity index (χ2v) is 8.20. The first-order chi connectivity index (χ1) is 15.8. The molecule has 1 aliphatic heterocycles. The Balaban J connectivity index is 1.27. The number of rotatable bonds is 5. The first-order valence-electron chi connectivity index (χ1n) is 10.7. The van der Waals surface area contributed by atoms with Crippen molar-refractivity contribution in [1.29, 1.82) is 5.26 Å². The molecule has 2 unspecified atom stereocenters. The minimum atomic E-state index is 0.0756. The normalized spacial score (nSPS) is 17.2. The zero-order chi connectivity index (χ0) is 21.5. The predicted molar refractivity (Wildman–Crippen MR) is 121 cm³/mol. The molecule has 4 aromatic heterocycles. The summed E-state index contributed by atoms with van der Waals surface area (Å²) in [6.45, 7) is 1.67. The Bertz CT molecular complexity index is 1410. The number of anilines is 1. The van der Waals surface area contributed by atoms with Crippen molar-refractivity contribution in [2.45, 2.75) is 18.9 Å². The summed E-state index contributed by atoms with van der Waals surface area (Å²) in [6.07, 6.45) is 9.03. The van der Waals surface area contributed by atoms with Crippen molar-refractivity contribution < 1.29 is 4.42 Å². The number of aromatic nitrogens is 5. The molecule has 158 valence electrons. The summed E-state index contributed by atoms with van der Waals surface area (Å²) in [6, 6.07) is 15.0. The molecule has 1 fully saturated rings. The average molecular weight is 423 g/mol. The van der Waals surface area contributed by atoms with Crippen molar-refractivity contribution in [2.24, 2.45) is 5.92 Å². The van der Waals surface area contributed by atoms with Crippen LogP contribution in [0.2, 0.25) is 0 Å². The molecule has 0 aliphatic carbocycles. The molecule has 1 saturated heterocycles. The van der Waals surface area contributed by atoms with Crippen LogP contribution in [-0.4, -0.2) is 37.6 Å². The minimum Gasteiger partial charge on any atom is -0.423 e. The number of hydrogen-bond donors (Lipinski definition) is 1. The standard InChI is InChI=1S/C24H21N7O/c25-9-5-20(16-7-12-31(13-16)24-29-19-3-1-2-4-21(19)32-24)30-11-8-17(14-30)22-18-6-10-26-23(18)28-15-27-22/h1-4,6,8,10-11,14-16,20H,5,7,12-13H2,(H,26,27,28). The third kappa shape index (κ3) is 3.10. The Morgan fingerprint density at radius 2 is 2.16 bits per heavy atom. The van der Waals surface area contributed by atoms with Crippen molar-refractivity contribution in [1.82, 2.24) is 24.5 Å². The van der Waals surface area contributed by atoms with Crippen molar-refractivity contribution in [3.05, 3.63) is 61.3 Å². The summed E-state index contributed by atoms with van der Waals surface area (Å²) in [5, 5.41) is 10.5. The molecule has 5 aromatic rings. The first kappa shape index (κ1) is 18.6. The molecular formula is C24H21N7O. The smallest absolute Gasteiger partial charge is 0.298 e. The van der Waals surface area contributed by atoms with E-state index in [4.69, 9.17) is 4.42 Å². The number of benzene rings is 1. The van der Waals surface area contributed by atoms with Gasteiger partial charge in [0, 0.05) is 42.6 Å². The van der Waals surface area contributed by atoms with Crippen LogP contribution in [0.25, 0.3) is 33.4 Å². The van der Waals surface area contributed by atoms with E-state index in [1.807, 2.05) is 36.5 Å². The number of aromatic amines is 1. The van der Waals surface area contributed by atoms with Gasteiger partial charge in [0.15, 0.2) is 5.58 Å². The maximum Gasteiger partial charge on any atom is 0.298 e. The Labute approximate surface area is 184 Å². The molecule has 32 heavy (non-hydrogen) atoms. The molecule has 1 aliphatic rings. The highest BCUT2D eigenvalue weighted by atomic mass is 16.4. The molecule has 1 N–H and O–H groups in total. The van der Waals surface area contributed by atoms with Crippen molar-refractivity contribution >= 4 is 28.1 Å². The van der Waals surface area contributed by atoms with Crippen LogP contribution in [0.4, 0.5) is 6.01 Å². The lowest BCUT2D eigenvalue weighted by molar-refractivity contribution is 0.359. The molecule has 1 aromatic carbocycles. The van der Waals surface area contributed by atoms with Gasteiger partial charge in [0.2, 0.25) is 0 Å². The number of nitrogens with one attached hydrogen (secondary N) is 1. The van der Waals surface area contributed by atoms with E-state index in [1.54, 1.807) is 6.33 Å². The molecule has 0 saturated carbocycles. The quantitative estimate of drug-likeness (QED) is 0.445. The number of H-pyrrole nitrogens is 1. The topological polar surface area (TPSA) is 99.6 Å². The molecule has 0 amide bonds. The van der Waals surface area contributed by atoms with Gasteiger partial charge in [0.25, 0.3) is 6.01 Å². The Morgan fingerprint density at radius 1 is 1.22 bits per heavy atom. The highest BCUT2D eigenvalue weighted by molar-refractivity contribution is 5.90. The van der Waals surface area contributed by atoms with Gasteiger partial charge in [-0.1, -0.05) is 12.1 Å². The van der Waals surface area contributed by atoms with E-state index in [9.17, 15) is 5.26 Å². The molecule has 5 heterocycles. The number of hydrogen-bond acceptors (Lipinski definition) is 6. The van der Waals surface area contributed by atoms with Gasteiger partial charge in [-0.15, -0.1) is 0 Å². The summed E-state index contributed by atoms with van der Waals surface area (Å²) in [7, 11) is 0. The van der Waals surface area contributed by atoms with Gasteiger partial charge in [-0.25, -0.2) is 9.97 Å². The number of nitrogens with zero attached hydrogens (tertiary/aromatic N) is 6. The fourth-order valence-electron chi connectivity index (χ4n) is 4.74. The van der Waals surface area contributed by atoms with Crippen molar-refractivity contribution in [2.75, 3.05) is 18.0 Å². The van der Waals surface area contributed by atoms with Gasteiger partial charge in [0.1, 0.15) is 17.5 Å². The monoisotopic (exact) mass is 423 g/mol. The largest absolute Gasteiger partial charge is 0.423 e. The molecule has 0 spiro atoms. The van der Waals surface area contributed by atoms with Crippen LogP contribution in [0.3, 0.4) is 0 Å². The molecule has 8 heteroatoms. The second-order valence-electron chi connectivity index (χ2n) is 8.20. The third-order valence-corrected chi connectivity index (χ3v) is 6.35. The van der Waals surface area contributed by atoms with Crippen LogP contribution in [0.15, 0.2) is 65.7 Å². The number of oxazole rings is 1. The van der Waals surface area contributed by atoms with Crippen LogP contribution >= 0.6 is 0 Å². The molecule has 0 radical (unpaired) electrons. The first-order valence-corrected chi connectivity index (χ1v) is 10.7. The average Bonchev–Trinajstić information content (AvgIpc) is 3.61. The maximum atomic E-state index is 9.54. The lowest BCUT2D eigenvalue weighted by Crippen LogP contribution is -2.24. The van der Waals surface area contributed by atoms with Gasteiger partial charge >= 0.3 is 0 Å². The maximum absolute atomic E-state index is 9.54. The highest BCUT2D eigenvalue weighted by Crippen LogP contribution is 2.35. The van der Waals surface area contributed by atoms with E-state index in [-0.39, 0.29) is 6.04 Å². The third-order valence-electron chi connectivity index (χ3n) is 6.35. The van der Waals surface area contributed by atoms with Gasteiger partial charge in [-0.2, -0.15) is 10.2 Å². The molecule has 0 bridgehead atoms. The van der Waals surface area contributed by atoms with Gasteiger partial charge in [-0.05, 0) is 36.6 Å². The number of fused-ring (bicyclic) bond motifs is 2. The van der Waals surface area contributed by atoms with Crippen LogP contribution in [0, 0.1) is 17.2 Å². The fourth-order valence-corrected chi connectivity index (χ4v) is 4.74. The summed E-state index contributed by atoms with van der Waals surface area (Å²) >= 11 is 0. The second kappa shape index (κ2) is 7.54. The van der Waals surface area contributed by atoms with Gasteiger partial charge in [0.05, 0.1) is 24.2 Å². The van der Waals surface area contributed by atoms with E-state index in [2.05, 4.69) is 53.9 Å². The van der Waals surface area contributed by atoms with Crippen LogP contribution < -0.4 is 4.90 Å². The Morgan fingerprint density at radius 3 is 3.06 bits per heavy atom. The van der Waals surface area contributed by atoms with Crippen molar-refractivity contribution in [3.8, 4) is 17.3 Å².